The summed E-state index contributed by atoms with van der Waals surface area (Å²) in [5, 5.41) is 2.78. The summed E-state index contributed by atoms with van der Waals surface area (Å²) >= 11 is 0. The van der Waals surface area contributed by atoms with Crippen molar-refractivity contribution in [1.29, 1.82) is 0 Å². The van der Waals surface area contributed by atoms with Gasteiger partial charge in [0.2, 0.25) is 6.10 Å². The number of ether oxygens (including phenoxy) is 1. The van der Waals surface area contributed by atoms with Crippen molar-refractivity contribution in [2.75, 3.05) is 14.1 Å². The number of rotatable bonds is 7. The van der Waals surface area contributed by atoms with E-state index in [1.165, 1.54) is 4.90 Å². The number of nitrogens with zero attached hydrogens (tertiary/aromatic N) is 1. The molecule has 6 heteroatoms. The van der Waals surface area contributed by atoms with Crippen LogP contribution < -0.4 is 5.32 Å². The summed E-state index contributed by atoms with van der Waals surface area (Å²) in [6.07, 6.45) is -1.08. The van der Waals surface area contributed by atoms with E-state index in [1.54, 1.807) is 50.5 Å². The zero-order chi connectivity index (χ0) is 24.1. The number of carbonyl (C=O) groups excluding carboxylic acids is 3. The van der Waals surface area contributed by atoms with Crippen molar-refractivity contribution in [3.63, 3.8) is 0 Å². The van der Waals surface area contributed by atoms with Gasteiger partial charge in [0.1, 0.15) is 6.04 Å². The van der Waals surface area contributed by atoms with Crippen LogP contribution in [0.2, 0.25) is 0 Å². The minimum absolute atomic E-state index is 0.0231. The second kappa shape index (κ2) is 10.4. The Morgan fingerprint density at radius 3 is 1.94 bits per heavy atom. The predicted octanol–water partition coefficient (Wildman–Crippen LogP) is 4.11. The summed E-state index contributed by atoms with van der Waals surface area (Å²) in [6, 6.07) is 15.3. The van der Waals surface area contributed by atoms with Crippen molar-refractivity contribution in [3.8, 4) is 0 Å². The largest absolute Gasteiger partial charge is 0.446 e. The van der Waals surface area contributed by atoms with Crippen molar-refractivity contribution >= 4 is 17.8 Å². The Hall–Kier alpha value is -3.15. The molecule has 0 spiro atoms. The minimum atomic E-state index is -1.08. The summed E-state index contributed by atoms with van der Waals surface area (Å²) < 4.78 is 5.64. The van der Waals surface area contributed by atoms with Crippen LogP contribution >= 0.6 is 0 Å². The number of esters is 1. The maximum Gasteiger partial charge on any atom is 0.330 e. The van der Waals surface area contributed by atoms with Gasteiger partial charge in [-0.25, -0.2) is 4.79 Å². The van der Waals surface area contributed by atoms with Crippen molar-refractivity contribution < 1.29 is 19.1 Å². The number of carbonyl (C=O) groups is 3. The van der Waals surface area contributed by atoms with Crippen LogP contribution in [-0.2, 0) is 19.7 Å². The molecule has 0 saturated heterocycles. The maximum absolute atomic E-state index is 13.0. The molecule has 2 atom stereocenters. The lowest BCUT2D eigenvalue weighted by atomic mass is 9.86. The van der Waals surface area contributed by atoms with Crippen LogP contribution in [-0.4, -0.2) is 42.8 Å². The molecule has 0 radical (unpaired) electrons. The first kappa shape index (κ1) is 25.1. The molecule has 2 rings (SSSR count). The van der Waals surface area contributed by atoms with Gasteiger partial charge in [0.25, 0.3) is 11.8 Å². The molecule has 2 aromatic carbocycles. The van der Waals surface area contributed by atoms with Crippen LogP contribution in [0.15, 0.2) is 54.6 Å². The van der Waals surface area contributed by atoms with Gasteiger partial charge in [-0.2, -0.15) is 0 Å². The number of nitrogens with one attached hydrogen (secondary N) is 1. The van der Waals surface area contributed by atoms with E-state index in [9.17, 15) is 14.4 Å². The third kappa shape index (κ3) is 6.42. The number of hydrogen-bond acceptors (Lipinski definition) is 4. The highest BCUT2D eigenvalue weighted by atomic mass is 16.5. The summed E-state index contributed by atoms with van der Waals surface area (Å²) in [5.41, 5.74) is 2.12. The Morgan fingerprint density at radius 1 is 0.906 bits per heavy atom. The van der Waals surface area contributed by atoms with E-state index >= 15 is 0 Å². The highest BCUT2D eigenvalue weighted by Gasteiger charge is 2.32. The van der Waals surface area contributed by atoms with E-state index in [0.717, 1.165) is 5.56 Å². The van der Waals surface area contributed by atoms with Crippen LogP contribution in [0.25, 0.3) is 0 Å². The Bertz CT molecular complexity index is 929. The van der Waals surface area contributed by atoms with Crippen molar-refractivity contribution in [3.05, 3.63) is 71.3 Å². The molecule has 0 heterocycles. The summed E-state index contributed by atoms with van der Waals surface area (Å²) in [7, 11) is 3.21. The van der Waals surface area contributed by atoms with Gasteiger partial charge < -0.3 is 15.0 Å². The van der Waals surface area contributed by atoms with Crippen molar-refractivity contribution in [1.82, 2.24) is 10.2 Å². The second-order valence-corrected chi connectivity index (χ2v) is 9.48. The van der Waals surface area contributed by atoms with Crippen LogP contribution in [0.5, 0.6) is 0 Å². The molecule has 2 amide bonds. The van der Waals surface area contributed by atoms with Gasteiger partial charge in [-0.15, -0.1) is 0 Å². The van der Waals surface area contributed by atoms with Gasteiger partial charge in [-0.3, -0.25) is 9.59 Å². The molecule has 0 aromatic heterocycles. The molecule has 32 heavy (non-hydrogen) atoms. The molecule has 0 fully saturated rings. The molecular formula is C26H34N2O4. The molecule has 1 unspecified atom stereocenters. The van der Waals surface area contributed by atoms with Gasteiger partial charge in [0.15, 0.2) is 0 Å². The first-order chi connectivity index (χ1) is 14.9. The molecule has 0 aliphatic rings. The Morgan fingerprint density at radius 2 is 1.47 bits per heavy atom. The third-order valence-electron chi connectivity index (χ3n) is 5.22. The first-order valence-electron chi connectivity index (χ1n) is 10.8. The maximum atomic E-state index is 13.0. The number of likely N-dealkylation sites (N-methyl/N-ethyl adjacent to an activating group) is 1. The predicted molar refractivity (Wildman–Crippen MR) is 125 cm³/mol. The lowest BCUT2D eigenvalue weighted by Gasteiger charge is -2.26. The third-order valence-corrected chi connectivity index (χ3v) is 5.22. The summed E-state index contributed by atoms with van der Waals surface area (Å²) in [5.74, 6) is -1.60. The fraction of sp³-hybridized carbons (Fsp3) is 0.423. The summed E-state index contributed by atoms with van der Waals surface area (Å²) in [6.45, 7) is 9.95. The molecule has 0 aliphatic heterocycles. The van der Waals surface area contributed by atoms with Crippen LogP contribution in [0.1, 0.15) is 62.2 Å². The fourth-order valence-electron chi connectivity index (χ4n) is 3.16. The SMILES string of the molecule is CC(C)[C@H](NC(=O)c1ccc(C(C)(C)C)cc1)C(=O)OC(C(=O)N(C)C)c1ccccc1. The lowest BCUT2D eigenvalue weighted by Crippen LogP contribution is -2.46. The Labute approximate surface area is 191 Å². The normalized spacial score (nSPS) is 13.2. The van der Waals surface area contributed by atoms with Gasteiger partial charge in [-0.05, 0) is 29.0 Å². The van der Waals surface area contributed by atoms with E-state index in [1.807, 2.05) is 32.0 Å². The van der Waals surface area contributed by atoms with E-state index in [2.05, 4.69) is 26.1 Å². The van der Waals surface area contributed by atoms with Gasteiger partial charge >= 0.3 is 5.97 Å². The topological polar surface area (TPSA) is 75.7 Å². The fourth-order valence-corrected chi connectivity index (χ4v) is 3.16. The van der Waals surface area contributed by atoms with E-state index < -0.39 is 18.1 Å². The zero-order valence-electron chi connectivity index (χ0n) is 20.0. The molecule has 0 aliphatic carbocycles. The number of hydrogen-bond donors (Lipinski definition) is 1. The molecule has 0 saturated carbocycles. The van der Waals surface area contributed by atoms with E-state index in [0.29, 0.717) is 11.1 Å². The highest BCUT2D eigenvalue weighted by Crippen LogP contribution is 2.23. The Kier molecular flexibility index (Phi) is 8.19. The van der Waals surface area contributed by atoms with Crippen molar-refractivity contribution in [2.24, 2.45) is 5.92 Å². The van der Waals surface area contributed by atoms with Gasteiger partial charge in [0.05, 0.1) is 0 Å². The molecule has 6 nitrogen and oxygen atoms in total. The first-order valence-corrected chi connectivity index (χ1v) is 10.8. The average Bonchev–Trinajstić information content (AvgIpc) is 2.74. The standard InChI is InChI=1S/C26H34N2O4/c1-17(2)21(27-23(29)19-13-15-20(16-14-19)26(3,4)5)25(31)32-22(24(30)28(6)7)18-11-9-8-10-12-18/h8-17,21-22H,1-7H3,(H,27,29)/t21-,22?/m0/s1. The van der Waals surface area contributed by atoms with Crippen LogP contribution in [0, 0.1) is 5.92 Å². The zero-order valence-corrected chi connectivity index (χ0v) is 20.0. The van der Waals surface area contributed by atoms with Crippen molar-refractivity contribution in [2.45, 2.75) is 52.2 Å². The Balaban J connectivity index is 2.20. The molecule has 1 N–H and O–H groups in total. The summed E-state index contributed by atoms with van der Waals surface area (Å²) in [4.78, 5) is 39.9. The monoisotopic (exact) mass is 438 g/mol. The average molecular weight is 439 g/mol. The van der Waals surface area contributed by atoms with E-state index in [4.69, 9.17) is 4.74 Å². The molecule has 2 aromatic rings. The molecule has 172 valence electrons. The highest BCUT2D eigenvalue weighted by molar-refractivity contribution is 5.97. The lowest BCUT2D eigenvalue weighted by molar-refractivity contribution is -0.162. The second-order valence-electron chi connectivity index (χ2n) is 9.48. The number of amides is 2. The quantitative estimate of drug-likeness (QED) is 0.660. The van der Waals surface area contributed by atoms with Crippen LogP contribution in [0.4, 0.5) is 0 Å². The number of benzene rings is 2. The smallest absolute Gasteiger partial charge is 0.330 e. The van der Waals surface area contributed by atoms with Gasteiger partial charge in [-0.1, -0.05) is 77.1 Å². The molecular weight excluding hydrogens is 404 g/mol. The minimum Gasteiger partial charge on any atom is -0.446 e. The van der Waals surface area contributed by atoms with Crippen LogP contribution in [0.3, 0.4) is 0 Å². The van der Waals surface area contributed by atoms with Gasteiger partial charge in [0, 0.05) is 25.2 Å². The van der Waals surface area contributed by atoms with E-state index in [-0.39, 0.29) is 23.1 Å². The molecule has 0 bridgehead atoms.